The molecule has 1 rings (SSSR count). The number of halogens is 1. The van der Waals surface area contributed by atoms with Crippen LogP contribution in [0, 0.1) is 6.92 Å². The minimum atomic E-state index is -1.66. The first kappa shape index (κ1) is 13.8. The maximum atomic E-state index is 10.8. The summed E-state index contributed by atoms with van der Waals surface area (Å²) in [5.41, 5.74) is 0.917. The van der Waals surface area contributed by atoms with E-state index in [4.69, 9.17) is 14.6 Å². The van der Waals surface area contributed by atoms with Crippen molar-refractivity contribution in [1.82, 2.24) is 0 Å². The Kier molecular flexibility index (Phi) is 4.36. The van der Waals surface area contributed by atoms with Gasteiger partial charge in [-0.25, -0.2) is 4.79 Å². The molecule has 0 heterocycles. The molecule has 0 saturated heterocycles. The summed E-state index contributed by atoms with van der Waals surface area (Å²) in [5.74, 6) is -0.721. The number of hydrogen-bond acceptors (Lipinski definition) is 4. The monoisotopic (exact) mass is 304 g/mol. The number of carboxylic acid groups (broad SMARTS) is 1. The van der Waals surface area contributed by atoms with Gasteiger partial charge in [0.2, 0.25) is 0 Å². The van der Waals surface area contributed by atoms with Crippen molar-refractivity contribution in [3.05, 3.63) is 21.7 Å². The van der Waals surface area contributed by atoms with E-state index in [-0.39, 0.29) is 11.3 Å². The van der Waals surface area contributed by atoms with Gasteiger partial charge < -0.3 is 19.7 Å². The van der Waals surface area contributed by atoms with Crippen LogP contribution in [0.2, 0.25) is 0 Å². The Morgan fingerprint density at radius 2 is 1.88 bits per heavy atom. The number of carbonyl (C=O) groups is 1. The Bertz CT molecular complexity index is 444. The van der Waals surface area contributed by atoms with Crippen molar-refractivity contribution < 1.29 is 24.5 Å². The van der Waals surface area contributed by atoms with Gasteiger partial charge in [-0.1, -0.05) is 15.9 Å². The highest BCUT2D eigenvalue weighted by Crippen LogP contribution is 2.41. The van der Waals surface area contributed by atoms with Crippen LogP contribution < -0.4 is 9.47 Å². The Morgan fingerprint density at radius 3 is 2.29 bits per heavy atom. The fraction of sp³-hybridized carbons (Fsp3) is 0.364. The van der Waals surface area contributed by atoms with Gasteiger partial charge in [-0.15, -0.1) is 0 Å². The number of ether oxygens (including phenoxy) is 2. The normalized spacial score (nSPS) is 12.1. The first-order valence-electron chi connectivity index (χ1n) is 4.75. The lowest BCUT2D eigenvalue weighted by molar-refractivity contribution is -0.147. The second-order valence-electron chi connectivity index (χ2n) is 3.38. The predicted octanol–water partition coefficient (Wildman–Crippen LogP) is 1.89. The largest absolute Gasteiger partial charge is 0.493 e. The molecular weight excluding hydrogens is 292 g/mol. The molecule has 17 heavy (non-hydrogen) atoms. The smallest absolute Gasteiger partial charge is 0.337 e. The fourth-order valence-electron chi connectivity index (χ4n) is 1.51. The molecule has 6 heteroatoms. The standard InChI is InChI=1S/C11H13BrO5/c1-5-7(12)4-6(8(13)11(14)15)10(17-3)9(5)16-2/h4,8,13H,1-3H3,(H,14,15). The lowest BCUT2D eigenvalue weighted by atomic mass is 10.0. The zero-order valence-corrected chi connectivity index (χ0v) is 11.2. The molecule has 0 saturated carbocycles. The number of aliphatic hydroxyl groups is 1. The van der Waals surface area contributed by atoms with Gasteiger partial charge in [0.15, 0.2) is 17.6 Å². The van der Waals surface area contributed by atoms with Gasteiger partial charge in [-0.05, 0) is 13.0 Å². The molecule has 94 valence electrons. The molecule has 0 spiro atoms. The number of carboxylic acids is 1. The molecule has 0 bridgehead atoms. The van der Waals surface area contributed by atoms with E-state index >= 15 is 0 Å². The van der Waals surface area contributed by atoms with Crippen LogP contribution in [-0.2, 0) is 4.79 Å². The Balaban J connectivity index is 3.49. The summed E-state index contributed by atoms with van der Waals surface area (Å²) in [7, 11) is 2.84. The van der Waals surface area contributed by atoms with Crippen LogP contribution in [0.3, 0.4) is 0 Å². The molecule has 1 aromatic rings. The minimum Gasteiger partial charge on any atom is -0.493 e. The summed E-state index contributed by atoms with van der Waals surface area (Å²) in [5, 5.41) is 18.4. The van der Waals surface area contributed by atoms with Crippen LogP contribution in [0.5, 0.6) is 11.5 Å². The van der Waals surface area contributed by atoms with Gasteiger partial charge in [-0.2, -0.15) is 0 Å². The van der Waals surface area contributed by atoms with Crippen LogP contribution in [-0.4, -0.2) is 30.4 Å². The van der Waals surface area contributed by atoms with Crippen molar-refractivity contribution >= 4 is 21.9 Å². The molecule has 0 aromatic heterocycles. The average molecular weight is 305 g/mol. The molecule has 0 amide bonds. The van der Waals surface area contributed by atoms with E-state index in [1.165, 1.54) is 20.3 Å². The zero-order chi connectivity index (χ0) is 13.2. The van der Waals surface area contributed by atoms with E-state index < -0.39 is 12.1 Å². The zero-order valence-electron chi connectivity index (χ0n) is 9.65. The summed E-state index contributed by atoms with van der Waals surface area (Å²) < 4.78 is 10.9. The summed E-state index contributed by atoms with van der Waals surface area (Å²) in [6.07, 6.45) is -1.66. The molecule has 1 aromatic carbocycles. The second kappa shape index (κ2) is 5.37. The summed E-state index contributed by atoms with van der Waals surface area (Å²) in [6, 6.07) is 1.51. The third-order valence-corrected chi connectivity index (χ3v) is 3.21. The molecular formula is C11H13BrO5. The van der Waals surface area contributed by atoms with Crippen LogP contribution in [0.25, 0.3) is 0 Å². The van der Waals surface area contributed by atoms with Gasteiger partial charge in [0, 0.05) is 15.6 Å². The molecule has 0 fully saturated rings. The fourth-order valence-corrected chi connectivity index (χ4v) is 1.94. The van der Waals surface area contributed by atoms with Gasteiger partial charge in [0.05, 0.1) is 14.2 Å². The topological polar surface area (TPSA) is 76.0 Å². The maximum Gasteiger partial charge on any atom is 0.337 e. The van der Waals surface area contributed by atoms with E-state index in [2.05, 4.69) is 15.9 Å². The number of aliphatic hydroxyl groups excluding tert-OH is 1. The Morgan fingerprint density at radius 1 is 1.35 bits per heavy atom. The first-order valence-corrected chi connectivity index (χ1v) is 5.55. The van der Waals surface area contributed by atoms with E-state index in [0.29, 0.717) is 10.2 Å². The highest BCUT2D eigenvalue weighted by Gasteiger charge is 2.25. The Labute approximate surface area is 107 Å². The summed E-state index contributed by atoms with van der Waals surface area (Å²) >= 11 is 3.28. The van der Waals surface area contributed by atoms with Gasteiger partial charge >= 0.3 is 5.97 Å². The van der Waals surface area contributed by atoms with Crippen molar-refractivity contribution in [2.24, 2.45) is 0 Å². The van der Waals surface area contributed by atoms with Crippen molar-refractivity contribution in [3.63, 3.8) is 0 Å². The highest BCUT2D eigenvalue weighted by molar-refractivity contribution is 9.10. The lowest BCUT2D eigenvalue weighted by Crippen LogP contribution is -2.12. The maximum absolute atomic E-state index is 10.8. The van der Waals surface area contributed by atoms with E-state index in [9.17, 15) is 9.90 Å². The molecule has 0 aliphatic heterocycles. The van der Waals surface area contributed by atoms with E-state index in [0.717, 1.165) is 5.56 Å². The number of rotatable bonds is 4. The first-order chi connectivity index (χ1) is 7.93. The van der Waals surface area contributed by atoms with Crippen LogP contribution in [0.1, 0.15) is 17.2 Å². The lowest BCUT2D eigenvalue weighted by Gasteiger charge is -2.17. The average Bonchev–Trinajstić information content (AvgIpc) is 2.30. The van der Waals surface area contributed by atoms with E-state index in [1.807, 2.05) is 0 Å². The molecule has 0 aliphatic carbocycles. The van der Waals surface area contributed by atoms with Crippen molar-refractivity contribution in [1.29, 1.82) is 0 Å². The van der Waals surface area contributed by atoms with Crippen LogP contribution >= 0.6 is 15.9 Å². The van der Waals surface area contributed by atoms with Crippen molar-refractivity contribution in [2.45, 2.75) is 13.0 Å². The number of methoxy groups -OCH3 is 2. The summed E-state index contributed by atoms with van der Waals surface area (Å²) in [4.78, 5) is 10.8. The molecule has 2 N–H and O–H groups in total. The third-order valence-electron chi connectivity index (χ3n) is 2.39. The quantitative estimate of drug-likeness (QED) is 0.888. The number of benzene rings is 1. The minimum absolute atomic E-state index is 0.148. The van der Waals surface area contributed by atoms with Gasteiger partial charge in [-0.3, -0.25) is 0 Å². The molecule has 1 unspecified atom stereocenters. The van der Waals surface area contributed by atoms with Crippen molar-refractivity contribution in [2.75, 3.05) is 14.2 Å². The molecule has 0 radical (unpaired) electrons. The Hall–Kier alpha value is -1.27. The molecule has 0 aliphatic rings. The van der Waals surface area contributed by atoms with Crippen LogP contribution in [0.15, 0.2) is 10.5 Å². The van der Waals surface area contributed by atoms with Gasteiger partial charge in [0.1, 0.15) is 0 Å². The molecule has 5 nitrogen and oxygen atoms in total. The van der Waals surface area contributed by atoms with Gasteiger partial charge in [0.25, 0.3) is 0 Å². The highest BCUT2D eigenvalue weighted by atomic mass is 79.9. The predicted molar refractivity (Wildman–Crippen MR) is 64.6 cm³/mol. The third kappa shape index (κ3) is 2.53. The van der Waals surface area contributed by atoms with E-state index in [1.54, 1.807) is 6.92 Å². The van der Waals surface area contributed by atoms with Crippen LogP contribution in [0.4, 0.5) is 0 Å². The number of aliphatic carboxylic acids is 1. The second-order valence-corrected chi connectivity index (χ2v) is 4.23. The van der Waals surface area contributed by atoms with Crippen molar-refractivity contribution in [3.8, 4) is 11.5 Å². The summed E-state index contributed by atoms with van der Waals surface area (Å²) in [6.45, 7) is 1.79. The number of hydrogen-bond donors (Lipinski definition) is 2. The SMILES string of the molecule is COc1c(C(O)C(=O)O)cc(Br)c(C)c1OC. The molecule has 1 atom stereocenters.